The van der Waals surface area contributed by atoms with Crippen LogP contribution in [0.1, 0.15) is 11.7 Å². The third-order valence-electron chi connectivity index (χ3n) is 2.03. The van der Waals surface area contributed by atoms with E-state index in [1.54, 1.807) is 0 Å². The summed E-state index contributed by atoms with van der Waals surface area (Å²) in [5.41, 5.74) is 7.36. The van der Waals surface area contributed by atoms with Gasteiger partial charge in [-0.3, -0.25) is 0 Å². The number of rotatable bonds is 2. The van der Waals surface area contributed by atoms with Gasteiger partial charge in [0.25, 0.3) is 0 Å². The fraction of sp³-hybridized carbons (Fsp3) is 0.333. The molecular weight excluding hydrogens is 154 g/mol. The number of ether oxygens (including phenoxy) is 1. The van der Waals surface area contributed by atoms with E-state index in [0.717, 1.165) is 11.3 Å². The van der Waals surface area contributed by atoms with Crippen molar-refractivity contribution in [3.05, 3.63) is 29.8 Å². The number of anilines is 1. The van der Waals surface area contributed by atoms with Gasteiger partial charge < -0.3 is 15.6 Å². The molecule has 0 bridgehead atoms. The van der Waals surface area contributed by atoms with E-state index in [-0.39, 0.29) is 18.8 Å². The molecule has 1 aromatic rings. The van der Waals surface area contributed by atoms with Crippen LogP contribution in [-0.4, -0.2) is 17.8 Å². The molecule has 12 heavy (non-hydrogen) atoms. The number of nitrogens with two attached hydrogens (primary N) is 1. The Kier molecular flexibility index (Phi) is 1.75. The maximum atomic E-state index is 8.74. The average molecular weight is 165 g/mol. The Bertz CT molecular complexity index is 270. The first-order chi connectivity index (χ1) is 5.81. The minimum atomic E-state index is -0.00590. The quantitative estimate of drug-likeness (QED) is 0.501. The van der Waals surface area contributed by atoms with Gasteiger partial charge in [-0.15, -0.1) is 0 Å². The van der Waals surface area contributed by atoms with Gasteiger partial charge in [-0.25, -0.2) is 0 Å². The first-order valence-electron chi connectivity index (χ1n) is 3.93. The van der Waals surface area contributed by atoms with E-state index < -0.39 is 0 Å². The van der Waals surface area contributed by atoms with E-state index in [1.807, 2.05) is 24.3 Å². The Morgan fingerprint density at radius 2 is 2.00 bits per heavy atom. The normalized spacial score (nSPS) is 27.1. The first-order valence-corrected chi connectivity index (χ1v) is 3.93. The summed E-state index contributed by atoms with van der Waals surface area (Å²) in [7, 11) is 0. The summed E-state index contributed by atoms with van der Waals surface area (Å²) in [6, 6.07) is 7.53. The predicted octanol–water partition coefficient (Wildman–Crippen LogP) is 0.701. The summed E-state index contributed by atoms with van der Waals surface area (Å²) in [6.07, 6.45) is 0.0734. The van der Waals surface area contributed by atoms with Crippen molar-refractivity contribution in [1.82, 2.24) is 0 Å². The monoisotopic (exact) mass is 165 g/mol. The van der Waals surface area contributed by atoms with E-state index in [4.69, 9.17) is 15.6 Å². The standard InChI is InChI=1S/C9H11NO2/c10-7-3-1-6(2-4-7)9-8(5-11)12-9/h1-4,8-9,11H,5,10H2. The third-order valence-corrected chi connectivity index (χ3v) is 2.03. The molecule has 0 aromatic heterocycles. The van der Waals surface area contributed by atoms with E-state index >= 15 is 0 Å². The van der Waals surface area contributed by atoms with Crippen molar-refractivity contribution < 1.29 is 9.84 Å². The number of aliphatic hydroxyl groups is 1. The Morgan fingerprint density at radius 1 is 1.33 bits per heavy atom. The molecule has 1 aliphatic heterocycles. The molecule has 0 spiro atoms. The summed E-state index contributed by atoms with van der Waals surface area (Å²) in [5.74, 6) is 0. The van der Waals surface area contributed by atoms with Crippen molar-refractivity contribution in [2.75, 3.05) is 12.3 Å². The summed E-state index contributed by atoms with van der Waals surface area (Å²) in [6.45, 7) is 0.0923. The number of aliphatic hydroxyl groups excluding tert-OH is 1. The summed E-state index contributed by atoms with van der Waals surface area (Å²) in [4.78, 5) is 0. The van der Waals surface area contributed by atoms with Gasteiger partial charge in [0.05, 0.1) is 6.61 Å². The maximum Gasteiger partial charge on any atom is 0.112 e. The van der Waals surface area contributed by atoms with Gasteiger partial charge in [-0.2, -0.15) is 0 Å². The molecular formula is C9H11NO2. The Morgan fingerprint density at radius 3 is 2.50 bits per heavy atom. The van der Waals surface area contributed by atoms with Crippen molar-refractivity contribution in [3.63, 3.8) is 0 Å². The Labute approximate surface area is 70.8 Å². The van der Waals surface area contributed by atoms with Crippen LogP contribution >= 0.6 is 0 Å². The van der Waals surface area contributed by atoms with Crippen LogP contribution in [0.15, 0.2) is 24.3 Å². The molecule has 2 atom stereocenters. The lowest BCUT2D eigenvalue weighted by Crippen LogP contribution is -1.94. The fourth-order valence-corrected chi connectivity index (χ4v) is 1.26. The number of hydrogen-bond acceptors (Lipinski definition) is 3. The molecule has 64 valence electrons. The molecule has 1 saturated heterocycles. The van der Waals surface area contributed by atoms with E-state index in [1.165, 1.54) is 0 Å². The van der Waals surface area contributed by atoms with Gasteiger partial charge in [-0.1, -0.05) is 12.1 Å². The summed E-state index contributed by atoms with van der Waals surface area (Å²) < 4.78 is 5.20. The first kappa shape index (κ1) is 7.58. The van der Waals surface area contributed by atoms with Gasteiger partial charge in [-0.05, 0) is 17.7 Å². The SMILES string of the molecule is Nc1ccc(C2OC2CO)cc1. The number of epoxide rings is 1. The fourth-order valence-electron chi connectivity index (χ4n) is 1.26. The van der Waals surface area contributed by atoms with Crippen molar-refractivity contribution in [2.24, 2.45) is 0 Å². The Balaban J connectivity index is 2.10. The second-order valence-corrected chi connectivity index (χ2v) is 2.94. The highest BCUT2D eigenvalue weighted by Gasteiger charge is 2.39. The predicted molar refractivity (Wildman–Crippen MR) is 45.6 cm³/mol. The van der Waals surface area contributed by atoms with E-state index in [2.05, 4.69) is 0 Å². The van der Waals surface area contributed by atoms with Crippen molar-refractivity contribution in [2.45, 2.75) is 12.2 Å². The molecule has 3 N–H and O–H groups in total. The zero-order valence-electron chi connectivity index (χ0n) is 6.60. The molecule has 1 aliphatic rings. The van der Waals surface area contributed by atoms with Crippen LogP contribution in [0.5, 0.6) is 0 Å². The van der Waals surface area contributed by atoms with E-state index in [0.29, 0.717) is 0 Å². The van der Waals surface area contributed by atoms with Crippen LogP contribution in [0.3, 0.4) is 0 Å². The van der Waals surface area contributed by atoms with Crippen molar-refractivity contribution in [1.29, 1.82) is 0 Å². The molecule has 0 saturated carbocycles. The minimum absolute atomic E-state index is 0.00590. The van der Waals surface area contributed by atoms with Crippen LogP contribution in [0.4, 0.5) is 5.69 Å². The topological polar surface area (TPSA) is 58.8 Å². The highest BCUT2D eigenvalue weighted by Crippen LogP contribution is 2.38. The average Bonchev–Trinajstić information content (AvgIpc) is 2.85. The number of nitrogen functional groups attached to an aromatic ring is 1. The van der Waals surface area contributed by atoms with Crippen molar-refractivity contribution >= 4 is 5.69 Å². The molecule has 0 radical (unpaired) electrons. The lowest BCUT2D eigenvalue weighted by molar-refractivity contribution is 0.242. The molecule has 3 nitrogen and oxygen atoms in total. The molecule has 1 aromatic carbocycles. The zero-order valence-corrected chi connectivity index (χ0v) is 6.60. The molecule has 2 unspecified atom stereocenters. The molecule has 2 rings (SSSR count). The lowest BCUT2D eigenvalue weighted by atomic mass is 10.1. The summed E-state index contributed by atoms with van der Waals surface area (Å²) in [5, 5.41) is 8.74. The molecule has 1 fully saturated rings. The summed E-state index contributed by atoms with van der Waals surface area (Å²) >= 11 is 0. The molecule has 3 heteroatoms. The highest BCUT2D eigenvalue weighted by molar-refractivity contribution is 5.40. The van der Waals surface area contributed by atoms with Crippen LogP contribution in [-0.2, 0) is 4.74 Å². The van der Waals surface area contributed by atoms with E-state index in [9.17, 15) is 0 Å². The second-order valence-electron chi connectivity index (χ2n) is 2.94. The van der Waals surface area contributed by atoms with Gasteiger partial charge in [0.2, 0.25) is 0 Å². The second kappa shape index (κ2) is 2.77. The highest BCUT2D eigenvalue weighted by atomic mass is 16.6. The van der Waals surface area contributed by atoms with Crippen LogP contribution in [0.2, 0.25) is 0 Å². The Hall–Kier alpha value is -1.06. The molecule has 1 heterocycles. The minimum Gasteiger partial charge on any atom is -0.399 e. The van der Waals surface area contributed by atoms with Gasteiger partial charge in [0.15, 0.2) is 0 Å². The van der Waals surface area contributed by atoms with Gasteiger partial charge in [0.1, 0.15) is 12.2 Å². The van der Waals surface area contributed by atoms with Crippen LogP contribution in [0, 0.1) is 0 Å². The van der Waals surface area contributed by atoms with Crippen molar-refractivity contribution in [3.8, 4) is 0 Å². The number of benzene rings is 1. The van der Waals surface area contributed by atoms with Gasteiger partial charge in [0, 0.05) is 5.69 Å². The van der Waals surface area contributed by atoms with Crippen LogP contribution < -0.4 is 5.73 Å². The molecule has 0 aliphatic carbocycles. The maximum absolute atomic E-state index is 8.74. The van der Waals surface area contributed by atoms with Gasteiger partial charge >= 0.3 is 0 Å². The largest absolute Gasteiger partial charge is 0.399 e. The lowest BCUT2D eigenvalue weighted by Gasteiger charge is -1.95. The number of hydrogen-bond donors (Lipinski definition) is 2. The molecule has 0 amide bonds. The smallest absolute Gasteiger partial charge is 0.112 e. The van der Waals surface area contributed by atoms with Crippen LogP contribution in [0.25, 0.3) is 0 Å². The third kappa shape index (κ3) is 1.29. The zero-order chi connectivity index (χ0) is 8.55.